The fourth-order valence-electron chi connectivity index (χ4n) is 6.47. The molecule has 8 nitrogen and oxygen atoms in total. The lowest BCUT2D eigenvalue weighted by atomic mass is 9.74. The topological polar surface area (TPSA) is 110 Å². The summed E-state index contributed by atoms with van der Waals surface area (Å²) in [6.45, 7) is 4.15. The second-order valence-corrected chi connectivity index (χ2v) is 10.1. The van der Waals surface area contributed by atoms with Crippen LogP contribution in [0.2, 0.25) is 0 Å². The summed E-state index contributed by atoms with van der Waals surface area (Å²) in [5, 5.41) is 0. The van der Waals surface area contributed by atoms with Crippen molar-refractivity contribution >= 4 is 17.1 Å². The fraction of sp³-hybridized carbons (Fsp3) is 0.481. The highest BCUT2D eigenvalue weighted by molar-refractivity contribution is 5.89. The maximum absolute atomic E-state index is 13.0. The Kier molecular flexibility index (Phi) is 5.27. The predicted molar refractivity (Wildman–Crippen MR) is 130 cm³/mol. The lowest BCUT2D eigenvalue weighted by molar-refractivity contribution is 0.0526. The maximum atomic E-state index is 13.0. The second-order valence-electron chi connectivity index (χ2n) is 10.1. The van der Waals surface area contributed by atoms with Crippen LogP contribution in [0.25, 0.3) is 11.2 Å². The summed E-state index contributed by atoms with van der Waals surface area (Å²) >= 11 is 0. The number of fused-ring (bicyclic) bond motifs is 1. The monoisotopic (exact) mass is 474 g/mol. The number of hydrogen-bond donors (Lipinski definition) is 2. The lowest BCUT2D eigenvalue weighted by Crippen LogP contribution is -2.28. The van der Waals surface area contributed by atoms with E-state index in [2.05, 4.69) is 28.0 Å². The zero-order valence-corrected chi connectivity index (χ0v) is 20.1. The molecule has 0 spiro atoms. The molecule has 2 saturated carbocycles. The molecule has 2 fully saturated rings. The van der Waals surface area contributed by atoms with E-state index in [0.29, 0.717) is 35.7 Å². The van der Waals surface area contributed by atoms with Crippen LogP contribution in [0.15, 0.2) is 40.7 Å². The van der Waals surface area contributed by atoms with Crippen LogP contribution >= 0.6 is 0 Å². The third kappa shape index (κ3) is 3.66. The molecule has 3 aromatic rings. The average Bonchev–Trinajstić information content (AvgIpc) is 3.46. The number of allylic oxidation sites excluding steroid dienone is 2. The Morgan fingerprint density at radius 2 is 2.11 bits per heavy atom. The van der Waals surface area contributed by atoms with Gasteiger partial charge in [-0.2, -0.15) is 4.98 Å². The number of ether oxygens (including phenoxy) is 2. The van der Waals surface area contributed by atoms with Gasteiger partial charge in [0.2, 0.25) is 0 Å². The van der Waals surface area contributed by atoms with Gasteiger partial charge in [-0.25, -0.2) is 9.78 Å². The molecular formula is C27H30N4O4. The molecule has 4 atom stereocenters. The van der Waals surface area contributed by atoms with Gasteiger partial charge in [-0.3, -0.25) is 9.78 Å². The number of imidazole rings is 1. The van der Waals surface area contributed by atoms with Gasteiger partial charge in [0.05, 0.1) is 17.6 Å². The van der Waals surface area contributed by atoms with E-state index in [1.807, 2.05) is 12.1 Å². The molecule has 35 heavy (non-hydrogen) atoms. The molecule has 4 aliphatic rings. The number of hydrogen-bond acceptors (Lipinski definition) is 6. The molecule has 2 heterocycles. The smallest absolute Gasteiger partial charge is 0.338 e. The summed E-state index contributed by atoms with van der Waals surface area (Å²) in [5.41, 5.74) is 3.21. The van der Waals surface area contributed by atoms with Crippen molar-refractivity contribution in [3.05, 3.63) is 63.2 Å². The molecule has 0 aliphatic heterocycles. The minimum absolute atomic E-state index is 0.0555. The highest BCUT2D eigenvalue weighted by Crippen LogP contribution is 2.62. The van der Waals surface area contributed by atoms with Crippen LogP contribution in [0.5, 0.6) is 6.01 Å². The molecule has 0 radical (unpaired) electrons. The van der Waals surface area contributed by atoms with Crippen LogP contribution in [0.4, 0.5) is 0 Å². The van der Waals surface area contributed by atoms with Crippen molar-refractivity contribution < 1.29 is 14.3 Å². The SMILES string of the molecule is CCCC(Oc1nc2nc(C34CC5C=C3CC(C5)C4)[nH]c2c(=O)[nH]1)c1cccc(C(=O)OCC)c1. The van der Waals surface area contributed by atoms with E-state index in [1.165, 1.54) is 12.0 Å². The normalized spacial score (nSPS) is 25.1. The van der Waals surface area contributed by atoms with Crippen LogP contribution in [0, 0.1) is 11.8 Å². The van der Waals surface area contributed by atoms with Gasteiger partial charge in [0.25, 0.3) is 11.6 Å². The van der Waals surface area contributed by atoms with Crippen molar-refractivity contribution in [1.29, 1.82) is 0 Å². The van der Waals surface area contributed by atoms with E-state index in [1.54, 1.807) is 19.1 Å². The molecule has 1 aromatic carbocycles. The molecule has 8 heteroatoms. The van der Waals surface area contributed by atoms with Crippen molar-refractivity contribution in [2.45, 2.75) is 63.9 Å². The van der Waals surface area contributed by atoms with Gasteiger partial charge in [-0.15, -0.1) is 0 Å². The van der Waals surface area contributed by atoms with E-state index in [4.69, 9.17) is 14.5 Å². The van der Waals surface area contributed by atoms with Gasteiger partial charge in [0.1, 0.15) is 11.9 Å². The molecule has 4 unspecified atom stereocenters. The van der Waals surface area contributed by atoms with Gasteiger partial charge in [-0.05, 0) is 68.6 Å². The van der Waals surface area contributed by atoms with Crippen LogP contribution in [0.1, 0.15) is 80.2 Å². The molecule has 182 valence electrons. The van der Waals surface area contributed by atoms with E-state index < -0.39 is 0 Å². The number of rotatable bonds is 8. The Morgan fingerprint density at radius 1 is 1.23 bits per heavy atom. The van der Waals surface area contributed by atoms with Crippen LogP contribution in [-0.4, -0.2) is 32.5 Å². The number of benzene rings is 1. The van der Waals surface area contributed by atoms with Crippen LogP contribution in [-0.2, 0) is 10.2 Å². The fourth-order valence-corrected chi connectivity index (χ4v) is 6.47. The average molecular weight is 475 g/mol. The minimum atomic E-state index is -0.377. The van der Waals surface area contributed by atoms with Gasteiger partial charge in [-0.1, -0.05) is 37.1 Å². The summed E-state index contributed by atoms with van der Waals surface area (Å²) in [7, 11) is 0. The largest absolute Gasteiger partial charge is 0.462 e. The van der Waals surface area contributed by atoms with Crippen molar-refractivity contribution in [3.8, 4) is 6.01 Å². The Morgan fingerprint density at radius 3 is 2.91 bits per heavy atom. The lowest BCUT2D eigenvalue weighted by Gasteiger charge is -2.30. The summed E-state index contributed by atoms with van der Waals surface area (Å²) in [6.07, 6.45) is 8.21. The molecule has 7 rings (SSSR count). The van der Waals surface area contributed by atoms with Crippen molar-refractivity contribution in [2.75, 3.05) is 6.61 Å². The summed E-state index contributed by atoms with van der Waals surface area (Å²) in [5.74, 6) is 1.86. The Labute approximate surface area is 203 Å². The Balaban J connectivity index is 1.31. The molecule has 4 aliphatic carbocycles. The van der Waals surface area contributed by atoms with Gasteiger partial charge < -0.3 is 14.5 Å². The predicted octanol–water partition coefficient (Wildman–Crippen LogP) is 4.74. The highest BCUT2D eigenvalue weighted by atomic mass is 16.5. The first-order chi connectivity index (χ1) is 17.0. The standard InChI is InChI=1S/C27H30N4O4/c1-3-6-20(17-7-5-8-18(12-17)24(33)34-4-2)35-26-30-22-21(23(32)31-26)28-25(29-22)27-13-15-9-16(14-27)11-19(27)10-15/h5,7-8,10,12,15-16,20H,3-4,6,9,11,13-14H2,1-2H3,(H2,28,29,30,31,32). The highest BCUT2D eigenvalue weighted by Gasteiger charge is 2.55. The molecule has 4 bridgehead atoms. The van der Waals surface area contributed by atoms with Crippen molar-refractivity contribution in [3.63, 3.8) is 0 Å². The van der Waals surface area contributed by atoms with E-state index in [9.17, 15) is 9.59 Å². The van der Waals surface area contributed by atoms with Gasteiger partial charge in [0, 0.05) is 0 Å². The number of esters is 1. The number of carbonyl (C=O) groups excluding carboxylic acids is 1. The van der Waals surface area contributed by atoms with E-state index in [0.717, 1.165) is 43.0 Å². The summed E-state index contributed by atoms with van der Waals surface area (Å²) in [6, 6.07) is 7.35. The first-order valence-corrected chi connectivity index (χ1v) is 12.6. The number of nitrogens with one attached hydrogen (secondary N) is 2. The number of carbonyl (C=O) groups is 1. The summed E-state index contributed by atoms with van der Waals surface area (Å²) < 4.78 is 11.3. The zero-order chi connectivity index (χ0) is 24.2. The molecule has 0 amide bonds. The first-order valence-electron chi connectivity index (χ1n) is 12.6. The molecule has 2 aromatic heterocycles. The second kappa shape index (κ2) is 8.36. The Bertz CT molecular complexity index is 1390. The number of aromatic amines is 2. The number of nitrogens with zero attached hydrogens (tertiary/aromatic N) is 2. The quantitative estimate of drug-likeness (QED) is 0.360. The number of aromatic nitrogens is 4. The van der Waals surface area contributed by atoms with Crippen molar-refractivity contribution in [2.24, 2.45) is 11.8 Å². The summed E-state index contributed by atoms with van der Waals surface area (Å²) in [4.78, 5) is 40.6. The Hall–Kier alpha value is -3.42. The third-order valence-corrected chi connectivity index (χ3v) is 7.81. The van der Waals surface area contributed by atoms with Crippen LogP contribution < -0.4 is 10.3 Å². The van der Waals surface area contributed by atoms with Gasteiger partial charge >= 0.3 is 5.97 Å². The van der Waals surface area contributed by atoms with Crippen LogP contribution in [0.3, 0.4) is 0 Å². The van der Waals surface area contributed by atoms with Crippen molar-refractivity contribution in [1.82, 2.24) is 19.9 Å². The zero-order valence-electron chi connectivity index (χ0n) is 20.1. The van der Waals surface area contributed by atoms with Gasteiger partial charge in [0.15, 0.2) is 11.2 Å². The third-order valence-electron chi connectivity index (χ3n) is 7.81. The maximum Gasteiger partial charge on any atom is 0.338 e. The number of H-pyrrole nitrogens is 2. The van der Waals surface area contributed by atoms with E-state index >= 15 is 0 Å². The van der Waals surface area contributed by atoms with E-state index in [-0.39, 0.29) is 29.1 Å². The molecule has 0 saturated heterocycles. The minimum Gasteiger partial charge on any atom is -0.462 e. The first kappa shape index (κ1) is 22.1. The molecule has 2 N–H and O–H groups in total. The molecular weight excluding hydrogens is 444 g/mol.